The molecule has 0 aliphatic carbocycles. The summed E-state index contributed by atoms with van der Waals surface area (Å²) in [7, 11) is 0. The smallest absolute Gasteiger partial charge is 0.275 e. The fraction of sp³-hybridized carbons (Fsp3) is 0.200. The Labute approximate surface area is 74.6 Å². The number of hydrogen-bond acceptors (Lipinski definition) is 1. The zero-order valence-corrected chi connectivity index (χ0v) is 8.44. The van der Waals surface area contributed by atoms with Crippen molar-refractivity contribution >= 4 is 39.9 Å². The van der Waals surface area contributed by atoms with E-state index in [1.165, 1.54) is 5.82 Å². The lowest BCUT2D eigenvalue weighted by Gasteiger charge is -1.96. The molecule has 0 aromatic rings. The molecule has 1 nitrogen and oxygen atoms in total. The predicted molar refractivity (Wildman–Crippen MR) is 48.1 cm³/mol. The Morgan fingerprint density at radius 2 is 2.00 bits per heavy atom. The fourth-order valence-corrected chi connectivity index (χ4v) is 1.91. The van der Waals surface area contributed by atoms with E-state index in [1.807, 2.05) is 0 Å². The second-order valence-electron chi connectivity index (χ2n) is 1.72. The van der Waals surface area contributed by atoms with Gasteiger partial charge in [-0.2, -0.15) is 0 Å². The van der Waals surface area contributed by atoms with Crippen molar-refractivity contribution in [2.24, 2.45) is 0 Å². The summed E-state index contributed by atoms with van der Waals surface area (Å²) in [5.41, 5.74) is 0.537. The molecule has 0 amide bonds. The van der Waals surface area contributed by atoms with Gasteiger partial charge in [-0.05, 0) is 35.0 Å². The van der Waals surface area contributed by atoms with E-state index in [0.717, 1.165) is 0 Å². The van der Waals surface area contributed by atoms with Crippen molar-refractivity contribution in [3.8, 4) is 0 Å². The molecule has 0 saturated heterocycles. The molecule has 58 valence electrons. The van der Waals surface area contributed by atoms with E-state index in [2.05, 4.69) is 6.58 Å². The molecule has 0 rings (SSSR count). The molecule has 0 aromatic heterocycles. The Bertz CT molecular complexity index is 215. The van der Waals surface area contributed by atoms with E-state index in [4.69, 9.17) is 34.1 Å². The number of rotatable bonds is 2. The van der Waals surface area contributed by atoms with Crippen LogP contribution in [0.15, 0.2) is 23.0 Å². The Hall–Kier alpha value is 0.580. The van der Waals surface area contributed by atoms with Crippen molar-refractivity contribution in [1.82, 2.24) is 0 Å². The number of halogens is 3. The summed E-state index contributed by atoms with van der Waals surface area (Å²) in [4.78, 5) is 0. The number of hydrogen-bond donors (Lipinski definition) is 0. The topological polar surface area (TPSA) is 17.1 Å². The molecule has 0 aliphatic rings. The molecule has 0 bridgehead atoms. The lowest BCUT2D eigenvalue weighted by Crippen LogP contribution is -1.69. The first-order valence-corrected chi connectivity index (χ1v) is 6.32. The Balaban J connectivity index is 4.48. The van der Waals surface area contributed by atoms with Crippen molar-refractivity contribution < 1.29 is 4.57 Å². The molecule has 0 aliphatic heterocycles. The van der Waals surface area contributed by atoms with E-state index in [9.17, 15) is 4.57 Å². The molecule has 10 heavy (non-hydrogen) atoms. The van der Waals surface area contributed by atoms with E-state index in [-0.39, 0.29) is 0 Å². The lowest BCUT2D eigenvalue weighted by atomic mass is 10.3. The zero-order chi connectivity index (χ0) is 8.36. The first kappa shape index (κ1) is 10.6. The minimum Gasteiger partial charge on any atom is -0.285 e. The predicted octanol–water partition coefficient (Wildman–Crippen LogP) is 4.31. The SMILES string of the molecule is C=C(Cl)/C(C)=C/P(=O)(Cl)Cl. The highest BCUT2D eigenvalue weighted by atomic mass is 35.9. The van der Waals surface area contributed by atoms with Gasteiger partial charge in [-0.3, -0.25) is 4.57 Å². The van der Waals surface area contributed by atoms with Gasteiger partial charge in [-0.25, -0.2) is 0 Å². The van der Waals surface area contributed by atoms with Gasteiger partial charge >= 0.3 is 0 Å². The third kappa shape index (κ3) is 5.37. The Morgan fingerprint density at radius 3 is 2.10 bits per heavy atom. The van der Waals surface area contributed by atoms with Crippen LogP contribution >= 0.6 is 39.9 Å². The minimum absolute atomic E-state index is 0.293. The van der Waals surface area contributed by atoms with Crippen molar-refractivity contribution in [3.63, 3.8) is 0 Å². The summed E-state index contributed by atoms with van der Waals surface area (Å²) in [6, 6.07) is 0. The van der Waals surface area contributed by atoms with Crippen molar-refractivity contribution in [2.45, 2.75) is 6.92 Å². The van der Waals surface area contributed by atoms with Crippen LogP contribution < -0.4 is 0 Å². The van der Waals surface area contributed by atoms with Gasteiger partial charge in [-0.15, -0.1) is 0 Å². The van der Waals surface area contributed by atoms with Crippen LogP contribution in [0, 0.1) is 0 Å². The molecule has 0 heterocycles. The van der Waals surface area contributed by atoms with Gasteiger partial charge in [0.15, 0.2) is 0 Å². The van der Waals surface area contributed by atoms with Gasteiger partial charge in [0.05, 0.1) is 0 Å². The summed E-state index contributed by atoms with van der Waals surface area (Å²) in [6.45, 7) is 5.03. The van der Waals surface area contributed by atoms with Gasteiger partial charge in [-0.1, -0.05) is 18.2 Å². The van der Waals surface area contributed by atoms with Crippen molar-refractivity contribution in [1.29, 1.82) is 0 Å². The van der Waals surface area contributed by atoms with Crippen LogP contribution in [0.1, 0.15) is 6.92 Å². The van der Waals surface area contributed by atoms with Crippen LogP contribution in [-0.4, -0.2) is 0 Å². The third-order valence-corrected chi connectivity index (χ3v) is 2.34. The van der Waals surface area contributed by atoms with Crippen molar-refractivity contribution in [3.05, 3.63) is 23.0 Å². The van der Waals surface area contributed by atoms with Gasteiger partial charge in [0.25, 0.3) is 5.85 Å². The Kier molecular flexibility index (Phi) is 4.05. The first-order valence-electron chi connectivity index (χ1n) is 2.36. The molecule has 0 saturated carbocycles. The highest BCUT2D eigenvalue weighted by molar-refractivity contribution is 8.10. The maximum absolute atomic E-state index is 10.7. The summed E-state index contributed by atoms with van der Waals surface area (Å²) >= 11 is 15.9. The molecule has 5 heteroatoms. The van der Waals surface area contributed by atoms with Gasteiger partial charge in [0.1, 0.15) is 0 Å². The average Bonchev–Trinajstić information content (AvgIpc) is 1.60. The van der Waals surface area contributed by atoms with Crippen LogP contribution in [0.25, 0.3) is 0 Å². The first-order chi connectivity index (χ1) is 4.33. The van der Waals surface area contributed by atoms with Gasteiger partial charge < -0.3 is 0 Å². The molecule has 0 N–H and O–H groups in total. The minimum atomic E-state index is -3.14. The summed E-state index contributed by atoms with van der Waals surface area (Å²) in [6.07, 6.45) is 0. The molecule has 0 atom stereocenters. The monoisotopic (exact) mass is 218 g/mol. The molecule has 0 spiro atoms. The fourth-order valence-electron chi connectivity index (χ4n) is 0.295. The van der Waals surface area contributed by atoms with Crippen LogP contribution in [0.2, 0.25) is 0 Å². The quantitative estimate of drug-likeness (QED) is 0.499. The highest BCUT2D eigenvalue weighted by Gasteiger charge is 2.09. The van der Waals surface area contributed by atoms with Gasteiger partial charge in [0, 0.05) is 10.8 Å². The van der Waals surface area contributed by atoms with E-state index >= 15 is 0 Å². The molecule has 0 fully saturated rings. The average molecular weight is 219 g/mol. The summed E-state index contributed by atoms with van der Waals surface area (Å²) in [5.74, 6) is -1.94. The molecular formula is C5H6Cl3OP. The zero-order valence-electron chi connectivity index (χ0n) is 5.27. The molecule has 0 aromatic carbocycles. The largest absolute Gasteiger partial charge is 0.285 e. The van der Waals surface area contributed by atoms with E-state index < -0.39 is 5.85 Å². The van der Waals surface area contributed by atoms with Crippen LogP contribution in [0.3, 0.4) is 0 Å². The molecule has 0 radical (unpaired) electrons. The molecular weight excluding hydrogens is 213 g/mol. The highest BCUT2D eigenvalue weighted by Crippen LogP contribution is 2.59. The van der Waals surface area contributed by atoms with Gasteiger partial charge in [0.2, 0.25) is 0 Å². The second-order valence-corrected chi connectivity index (χ2v) is 6.97. The third-order valence-electron chi connectivity index (χ3n) is 0.772. The Morgan fingerprint density at radius 1 is 1.60 bits per heavy atom. The number of allylic oxidation sites excluding steroid dienone is 2. The second kappa shape index (κ2) is 3.82. The maximum Gasteiger partial charge on any atom is 0.275 e. The van der Waals surface area contributed by atoms with E-state index in [1.54, 1.807) is 6.92 Å². The lowest BCUT2D eigenvalue weighted by molar-refractivity contribution is 0.597. The van der Waals surface area contributed by atoms with Crippen LogP contribution in [0.5, 0.6) is 0 Å². The summed E-state index contributed by atoms with van der Waals surface area (Å²) < 4.78 is 10.7. The van der Waals surface area contributed by atoms with Crippen LogP contribution in [-0.2, 0) is 4.57 Å². The van der Waals surface area contributed by atoms with E-state index in [0.29, 0.717) is 10.6 Å². The maximum atomic E-state index is 10.7. The van der Waals surface area contributed by atoms with Crippen LogP contribution in [0.4, 0.5) is 0 Å². The standard InChI is InChI=1S/C5H6Cl3OP/c1-4(5(2)6)3-10(7,8)9/h3H,2H2,1H3/b4-3+. The molecule has 0 unspecified atom stereocenters. The van der Waals surface area contributed by atoms with Crippen molar-refractivity contribution in [2.75, 3.05) is 0 Å². The normalized spacial score (nSPS) is 13.4. The summed E-state index contributed by atoms with van der Waals surface area (Å²) in [5, 5.41) is 0.293.